The summed E-state index contributed by atoms with van der Waals surface area (Å²) in [7, 11) is 0. The summed E-state index contributed by atoms with van der Waals surface area (Å²) in [6, 6.07) is 5.20. The van der Waals surface area contributed by atoms with E-state index < -0.39 is 0 Å². The van der Waals surface area contributed by atoms with Crippen LogP contribution in [0.5, 0.6) is 0 Å². The molecule has 0 radical (unpaired) electrons. The average molecular weight is 359 g/mol. The smallest absolute Gasteiger partial charge is 0.409 e. The molecule has 138 valence electrons. The Kier molecular flexibility index (Phi) is 5.67. The fourth-order valence-corrected chi connectivity index (χ4v) is 2.65. The van der Waals surface area contributed by atoms with Gasteiger partial charge in [0.15, 0.2) is 0 Å². The summed E-state index contributed by atoms with van der Waals surface area (Å²) in [6.45, 7) is 4.76. The van der Waals surface area contributed by atoms with Crippen molar-refractivity contribution in [3.63, 3.8) is 0 Å². The van der Waals surface area contributed by atoms with Gasteiger partial charge in [0.25, 0.3) is 5.91 Å². The Morgan fingerprint density at radius 1 is 1.27 bits per heavy atom. The van der Waals surface area contributed by atoms with Crippen molar-refractivity contribution in [1.29, 1.82) is 0 Å². The molecular weight excluding hydrogens is 338 g/mol. The second kappa shape index (κ2) is 8.32. The summed E-state index contributed by atoms with van der Waals surface area (Å²) < 4.78 is 10.2. The lowest BCUT2D eigenvalue weighted by molar-refractivity contribution is 0.0942. The van der Waals surface area contributed by atoms with Crippen molar-refractivity contribution < 1.29 is 18.7 Å². The fourth-order valence-electron chi connectivity index (χ4n) is 2.65. The van der Waals surface area contributed by atoms with Crippen molar-refractivity contribution in [2.75, 3.05) is 37.7 Å². The van der Waals surface area contributed by atoms with Crippen molar-refractivity contribution in [3.05, 3.63) is 42.2 Å². The van der Waals surface area contributed by atoms with Crippen molar-refractivity contribution in [2.45, 2.75) is 13.5 Å². The number of nitrogens with zero attached hydrogens (tertiary/aromatic N) is 4. The molecule has 1 aliphatic heterocycles. The molecule has 1 N–H and O–H groups in total. The first-order valence-electron chi connectivity index (χ1n) is 8.46. The van der Waals surface area contributed by atoms with E-state index >= 15 is 0 Å². The number of hydrogen-bond donors (Lipinski definition) is 1. The molecule has 1 aliphatic rings. The summed E-state index contributed by atoms with van der Waals surface area (Å²) in [5.74, 6) is 1.03. The molecule has 3 rings (SSSR count). The zero-order chi connectivity index (χ0) is 18.4. The summed E-state index contributed by atoms with van der Waals surface area (Å²) in [5.41, 5.74) is 0.286. The lowest BCUT2D eigenvalue weighted by atomic mass is 10.3. The quantitative estimate of drug-likeness (QED) is 0.858. The highest BCUT2D eigenvalue weighted by Crippen LogP contribution is 2.14. The first-order valence-corrected chi connectivity index (χ1v) is 8.46. The molecule has 0 spiro atoms. The first-order chi connectivity index (χ1) is 12.7. The fraction of sp³-hybridized carbons (Fsp3) is 0.412. The van der Waals surface area contributed by atoms with Crippen molar-refractivity contribution in [1.82, 2.24) is 20.2 Å². The lowest BCUT2D eigenvalue weighted by Gasteiger charge is -2.34. The molecule has 9 nitrogen and oxygen atoms in total. The van der Waals surface area contributed by atoms with Gasteiger partial charge in [-0.2, -0.15) is 0 Å². The van der Waals surface area contributed by atoms with E-state index in [0.717, 1.165) is 0 Å². The van der Waals surface area contributed by atoms with Crippen LogP contribution in [-0.2, 0) is 11.3 Å². The van der Waals surface area contributed by atoms with Gasteiger partial charge in [-0.3, -0.25) is 4.79 Å². The lowest BCUT2D eigenvalue weighted by Crippen LogP contribution is -2.49. The molecular formula is C17H21N5O4. The largest absolute Gasteiger partial charge is 0.467 e. The number of aromatic nitrogens is 2. The molecule has 3 heterocycles. The van der Waals surface area contributed by atoms with Gasteiger partial charge in [0.1, 0.15) is 23.6 Å². The molecule has 0 atom stereocenters. The molecule has 26 heavy (non-hydrogen) atoms. The van der Waals surface area contributed by atoms with Crippen LogP contribution in [0.15, 0.2) is 35.2 Å². The summed E-state index contributed by atoms with van der Waals surface area (Å²) in [5, 5.41) is 2.76. The summed E-state index contributed by atoms with van der Waals surface area (Å²) in [6.07, 6.45) is 2.63. The molecule has 0 aliphatic carbocycles. The predicted octanol–water partition coefficient (Wildman–Crippen LogP) is 1.28. The Labute approximate surface area is 151 Å². The van der Waals surface area contributed by atoms with Crippen LogP contribution in [0.4, 0.5) is 10.6 Å². The number of carbonyl (C=O) groups excluding carboxylic acids is 2. The van der Waals surface area contributed by atoms with Crippen LogP contribution in [0.25, 0.3) is 0 Å². The highest BCUT2D eigenvalue weighted by Gasteiger charge is 2.23. The highest BCUT2D eigenvalue weighted by molar-refractivity contribution is 5.92. The average Bonchev–Trinajstić information content (AvgIpc) is 3.20. The van der Waals surface area contributed by atoms with E-state index in [2.05, 4.69) is 15.3 Å². The van der Waals surface area contributed by atoms with Crippen LogP contribution in [0.1, 0.15) is 23.2 Å². The van der Waals surface area contributed by atoms with E-state index in [4.69, 9.17) is 9.15 Å². The van der Waals surface area contributed by atoms with E-state index in [0.29, 0.717) is 50.9 Å². The van der Waals surface area contributed by atoms with Gasteiger partial charge in [0.05, 0.1) is 19.4 Å². The number of nitrogens with one attached hydrogen (secondary N) is 1. The number of anilines is 1. The van der Waals surface area contributed by atoms with Gasteiger partial charge in [-0.05, 0) is 19.1 Å². The Bertz CT molecular complexity index is 741. The minimum atomic E-state index is -0.298. The Morgan fingerprint density at radius 2 is 2.08 bits per heavy atom. The SMILES string of the molecule is CCOC(=O)N1CCN(c2cc(C(=O)NCc3ccco3)ncn2)CC1. The number of furan rings is 1. The Balaban J connectivity index is 1.57. The van der Waals surface area contributed by atoms with Gasteiger partial charge in [0.2, 0.25) is 0 Å². The van der Waals surface area contributed by atoms with Gasteiger partial charge in [-0.1, -0.05) is 0 Å². The van der Waals surface area contributed by atoms with Crippen molar-refractivity contribution in [2.24, 2.45) is 0 Å². The predicted molar refractivity (Wildman–Crippen MR) is 92.7 cm³/mol. The minimum Gasteiger partial charge on any atom is -0.467 e. The van der Waals surface area contributed by atoms with Crippen LogP contribution in [0, 0.1) is 0 Å². The number of hydrogen-bond acceptors (Lipinski definition) is 7. The molecule has 1 fully saturated rings. The van der Waals surface area contributed by atoms with Crippen LogP contribution in [-0.4, -0.2) is 59.7 Å². The normalized spacial score (nSPS) is 14.2. The Morgan fingerprint density at radius 3 is 2.77 bits per heavy atom. The van der Waals surface area contributed by atoms with Crippen LogP contribution in [0.3, 0.4) is 0 Å². The molecule has 2 aromatic heterocycles. The molecule has 0 bridgehead atoms. The molecule has 2 aromatic rings. The van der Waals surface area contributed by atoms with E-state index in [-0.39, 0.29) is 17.7 Å². The molecule has 0 saturated carbocycles. The first kappa shape index (κ1) is 17.7. The second-order valence-corrected chi connectivity index (χ2v) is 5.70. The topological polar surface area (TPSA) is 101 Å². The molecule has 0 unspecified atom stereocenters. The van der Waals surface area contributed by atoms with Crippen molar-refractivity contribution >= 4 is 17.8 Å². The summed E-state index contributed by atoms with van der Waals surface area (Å²) in [4.78, 5) is 36.0. The van der Waals surface area contributed by atoms with Gasteiger partial charge in [-0.25, -0.2) is 14.8 Å². The Hall–Kier alpha value is -3.10. The number of amides is 2. The third-order valence-electron chi connectivity index (χ3n) is 4.02. The minimum absolute atomic E-state index is 0.286. The van der Waals surface area contributed by atoms with E-state index in [9.17, 15) is 9.59 Å². The third-order valence-corrected chi connectivity index (χ3v) is 4.02. The molecule has 9 heteroatoms. The van der Waals surface area contributed by atoms with E-state index in [1.807, 2.05) is 4.90 Å². The van der Waals surface area contributed by atoms with Crippen LogP contribution >= 0.6 is 0 Å². The molecule has 2 amide bonds. The van der Waals surface area contributed by atoms with Gasteiger partial charge in [-0.15, -0.1) is 0 Å². The van der Waals surface area contributed by atoms with Gasteiger partial charge in [0, 0.05) is 32.2 Å². The highest BCUT2D eigenvalue weighted by atomic mass is 16.6. The third kappa shape index (κ3) is 4.29. The zero-order valence-electron chi connectivity index (χ0n) is 14.6. The van der Waals surface area contributed by atoms with Crippen molar-refractivity contribution in [3.8, 4) is 0 Å². The number of carbonyl (C=O) groups is 2. The second-order valence-electron chi connectivity index (χ2n) is 5.70. The van der Waals surface area contributed by atoms with Gasteiger partial charge >= 0.3 is 6.09 Å². The number of piperazine rings is 1. The van der Waals surface area contributed by atoms with E-state index in [1.54, 1.807) is 36.3 Å². The zero-order valence-corrected chi connectivity index (χ0v) is 14.6. The monoisotopic (exact) mass is 359 g/mol. The molecule has 0 aromatic carbocycles. The standard InChI is InChI=1S/C17H21N5O4/c1-2-25-17(24)22-7-5-21(6-8-22)15-10-14(19-12-20-15)16(23)18-11-13-4-3-9-26-13/h3-4,9-10,12H,2,5-8,11H2,1H3,(H,18,23). The summed E-state index contributed by atoms with van der Waals surface area (Å²) >= 11 is 0. The number of rotatable bonds is 5. The molecule has 1 saturated heterocycles. The van der Waals surface area contributed by atoms with Crippen LogP contribution in [0.2, 0.25) is 0 Å². The number of ether oxygens (including phenoxy) is 1. The maximum absolute atomic E-state index is 12.3. The van der Waals surface area contributed by atoms with Crippen LogP contribution < -0.4 is 10.2 Å². The van der Waals surface area contributed by atoms with E-state index in [1.165, 1.54) is 6.33 Å². The van der Waals surface area contributed by atoms with Gasteiger partial charge < -0.3 is 24.3 Å². The maximum atomic E-state index is 12.3. The maximum Gasteiger partial charge on any atom is 0.409 e.